The highest BCUT2D eigenvalue weighted by Gasteiger charge is 2.23. The van der Waals surface area contributed by atoms with Crippen molar-refractivity contribution in [2.45, 2.75) is 19.9 Å². The van der Waals surface area contributed by atoms with E-state index in [1.165, 1.54) is 13.2 Å². The summed E-state index contributed by atoms with van der Waals surface area (Å²) in [7, 11) is 1.46. The second-order valence-electron chi connectivity index (χ2n) is 4.50. The molecule has 3 N–H and O–H groups in total. The first-order chi connectivity index (χ1) is 9.35. The number of hydrogen-bond donors (Lipinski definition) is 3. The van der Waals surface area contributed by atoms with Crippen LogP contribution in [0.5, 0.6) is 5.75 Å². The quantitative estimate of drug-likeness (QED) is 0.780. The van der Waals surface area contributed by atoms with E-state index in [-0.39, 0.29) is 5.92 Å². The van der Waals surface area contributed by atoms with E-state index in [1.54, 1.807) is 26.0 Å². The van der Waals surface area contributed by atoms with Crippen molar-refractivity contribution in [3.05, 3.63) is 23.2 Å². The molecule has 0 fully saturated rings. The molecule has 0 radical (unpaired) electrons. The van der Waals surface area contributed by atoms with Crippen molar-refractivity contribution >= 4 is 29.3 Å². The predicted octanol–water partition coefficient (Wildman–Crippen LogP) is 2.58. The Morgan fingerprint density at radius 3 is 2.50 bits per heavy atom. The molecule has 0 spiro atoms. The zero-order valence-corrected chi connectivity index (χ0v) is 12.2. The average molecular weight is 301 g/mol. The second-order valence-corrected chi connectivity index (χ2v) is 4.94. The van der Waals surface area contributed by atoms with Crippen molar-refractivity contribution in [1.29, 1.82) is 0 Å². The maximum atomic E-state index is 11.8. The fourth-order valence-electron chi connectivity index (χ4n) is 1.59. The van der Waals surface area contributed by atoms with Crippen LogP contribution in [-0.2, 0) is 4.79 Å². The molecule has 0 saturated carbocycles. The normalized spacial score (nSPS) is 11.8. The van der Waals surface area contributed by atoms with Crippen LogP contribution < -0.4 is 15.4 Å². The number of urea groups is 1. The molecule has 1 atom stereocenters. The number of rotatable bonds is 5. The van der Waals surface area contributed by atoms with E-state index < -0.39 is 18.0 Å². The van der Waals surface area contributed by atoms with Crippen LogP contribution in [0.2, 0.25) is 5.02 Å². The first kappa shape index (κ1) is 16.1. The number of anilines is 1. The van der Waals surface area contributed by atoms with E-state index in [0.29, 0.717) is 16.5 Å². The summed E-state index contributed by atoms with van der Waals surface area (Å²) in [6, 6.07) is 3.14. The Labute approximate surface area is 122 Å². The molecule has 0 aliphatic carbocycles. The third-order valence-electron chi connectivity index (χ3n) is 2.63. The maximum Gasteiger partial charge on any atom is 0.326 e. The average Bonchev–Trinajstić information content (AvgIpc) is 2.35. The van der Waals surface area contributed by atoms with Gasteiger partial charge in [-0.1, -0.05) is 25.4 Å². The van der Waals surface area contributed by atoms with Gasteiger partial charge in [0.05, 0.1) is 12.8 Å². The van der Waals surface area contributed by atoms with Crippen LogP contribution in [0.25, 0.3) is 0 Å². The molecular formula is C13H17ClN2O4. The van der Waals surface area contributed by atoms with Gasteiger partial charge in [-0.2, -0.15) is 0 Å². The fraction of sp³-hybridized carbons (Fsp3) is 0.385. The molecule has 0 aliphatic heterocycles. The zero-order chi connectivity index (χ0) is 15.3. The van der Waals surface area contributed by atoms with Crippen molar-refractivity contribution in [2.75, 3.05) is 12.4 Å². The Kier molecular flexibility index (Phi) is 5.64. The lowest BCUT2D eigenvalue weighted by Crippen LogP contribution is -2.46. The van der Waals surface area contributed by atoms with Crippen molar-refractivity contribution in [2.24, 2.45) is 5.92 Å². The number of ether oxygens (including phenoxy) is 1. The van der Waals surface area contributed by atoms with Crippen molar-refractivity contribution in [1.82, 2.24) is 5.32 Å². The zero-order valence-electron chi connectivity index (χ0n) is 11.4. The SMILES string of the molecule is COc1ccc(Cl)cc1NC(=O)N[C@@H](C(=O)O)C(C)C. The van der Waals surface area contributed by atoms with Gasteiger partial charge in [0.2, 0.25) is 0 Å². The summed E-state index contributed by atoms with van der Waals surface area (Å²) in [6.07, 6.45) is 0. The van der Waals surface area contributed by atoms with Crippen LogP contribution in [0.1, 0.15) is 13.8 Å². The molecule has 0 saturated heterocycles. The number of carboxylic acids is 1. The van der Waals surface area contributed by atoms with Gasteiger partial charge in [0.25, 0.3) is 0 Å². The third-order valence-corrected chi connectivity index (χ3v) is 2.86. The first-order valence-electron chi connectivity index (χ1n) is 5.99. The van der Waals surface area contributed by atoms with E-state index in [2.05, 4.69) is 10.6 Å². The van der Waals surface area contributed by atoms with E-state index >= 15 is 0 Å². The van der Waals surface area contributed by atoms with Gasteiger partial charge in [0.1, 0.15) is 11.8 Å². The summed E-state index contributed by atoms with van der Waals surface area (Å²) >= 11 is 5.84. The third kappa shape index (κ3) is 4.31. The predicted molar refractivity (Wildman–Crippen MR) is 76.4 cm³/mol. The van der Waals surface area contributed by atoms with Crippen LogP contribution in [0.3, 0.4) is 0 Å². The van der Waals surface area contributed by atoms with Gasteiger partial charge in [-0.05, 0) is 24.1 Å². The van der Waals surface area contributed by atoms with Gasteiger partial charge in [-0.25, -0.2) is 9.59 Å². The number of hydrogen-bond acceptors (Lipinski definition) is 3. The molecule has 20 heavy (non-hydrogen) atoms. The van der Waals surface area contributed by atoms with Gasteiger partial charge >= 0.3 is 12.0 Å². The van der Waals surface area contributed by atoms with Gasteiger partial charge < -0.3 is 20.5 Å². The number of carboxylic acid groups (broad SMARTS) is 1. The van der Waals surface area contributed by atoms with Crippen LogP contribution in [0, 0.1) is 5.92 Å². The van der Waals surface area contributed by atoms with Crippen molar-refractivity contribution < 1.29 is 19.4 Å². The van der Waals surface area contributed by atoms with Crippen LogP contribution in [0.15, 0.2) is 18.2 Å². The Morgan fingerprint density at radius 2 is 2.00 bits per heavy atom. The Bertz CT molecular complexity index is 505. The molecule has 1 rings (SSSR count). The Balaban J connectivity index is 2.80. The fourth-order valence-corrected chi connectivity index (χ4v) is 1.76. The smallest absolute Gasteiger partial charge is 0.326 e. The van der Waals surface area contributed by atoms with E-state index in [9.17, 15) is 9.59 Å². The lowest BCUT2D eigenvalue weighted by molar-refractivity contribution is -0.140. The Hall–Kier alpha value is -1.95. The van der Waals surface area contributed by atoms with E-state index in [0.717, 1.165) is 0 Å². The van der Waals surface area contributed by atoms with E-state index in [4.69, 9.17) is 21.4 Å². The number of halogens is 1. The number of carbonyl (C=O) groups excluding carboxylic acids is 1. The highest BCUT2D eigenvalue weighted by atomic mass is 35.5. The van der Waals surface area contributed by atoms with Gasteiger partial charge in [0, 0.05) is 5.02 Å². The number of aliphatic carboxylic acids is 1. The van der Waals surface area contributed by atoms with Gasteiger partial charge in [-0.15, -0.1) is 0 Å². The first-order valence-corrected chi connectivity index (χ1v) is 6.36. The molecule has 1 aromatic carbocycles. The topological polar surface area (TPSA) is 87.7 Å². The molecule has 0 unspecified atom stereocenters. The molecule has 0 bridgehead atoms. The van der Waals surface area contributed by atoms with Crippen LogP contribution in [-0.4, -0.2) is 30.3 Å². The number of methoxy groups -OCH3 is 1. The summed E-state index contributed by atoms with van der Waals surface area (Å²) in [6.45, 7) is 3.41. The molecular weight excluding hydrogens is 284 g/mol. The summed E-state index contributed by atoms with van der Waals surface area (Å²) in [5, 5.41) is 14.4. The number of carbonyl (C=O) groups is 2. The standard InChI is InChI=1S/C13H17ClN2O4/c1-7(2)11(12(17)18)16-13(19)15-9-6-8(14)4-5-10(9)20-3/h4-7,11H,1-3H3,(H,17,18)(H2,15,16,19)/t11-/m1/s1. The highest BCUT2D eigenvalue weighted by molar-refractivity contribution is 6.31. The monoisotopic (exact) mass is 300 g/mol. The molecule has 7 heteroatoms. The Morgan fingerprint density at radius 1 is 1.35 bits per heavy atom. The summed E-state index contributed by atoms with van der Waals surface area (Å²) in [5.74, 6) is -0.895. The number of benzene rings is 1. The molecule has 0 aromatic heterocycles. The number of nitrogens with one attached hydrogen (secondary N) is 2. The number of amides is 2. The minimum absolute atomic E-state index is 0.237. The maximum absolute atomic E-state index is 11.8. The molecule has 0 aliphatic rings. The second kappa shape index (κ2) is 7.00. The summed E-state index contributed by atoms with van der Waals surface area (Å²) < 4.78 is 5.08. The summed E-state index contributed by atoms with van der Waals surface area (Å²) in [5.41, 5.74) is 0.366. The van der Waals surface area contributed by atoms with Gasteiger partial charge in [0.15, 0.2) is 0 Å². The summed E-state index contributed by atoms with van der Waals surface area (Å²) in [4.78, 5) is 22.8. The molecule has 6 nitrogen and oxygen atoms in total. The van der Waals surface area contributed by atoms with Crippen molar-refractivity contribution in [3.63, 3.8) is 0 Å². The van der Waals surface area contributed by atoms with Crippen LogP contribution >= 0.6 is 11.6 Å². The lowest BCUT2D eigenvalue weighted by Gasteiger charge is -2.19. The molecule has 2 amide bonds. The van der Waals surface area contributed by atoms with Gasteiger partial charge in [-0.3, -0.25) is 0 Å². The largest absolute Gasteiger partial charge is 0.495 e. The van der Waals surface area contributed by atoms with Crippen LogP contribution in [0.4, 0.5) is 10.5 Å². The molecule has 1 aromatic rings. The molecule has 0 heterocycles. The molecule has 110 valence electrons. The minimum atomic E-state index is -1.09. The van der Waals surface area contributed by atoms with Crippen molar-refractivity contribution in [3.8, 4) is 5.75 Å². The highest BCUT2D eigenvalue weighted by Crippen LogP contribution is 2.27. The lowest BCUT2D eigenvalue weighted by atomic mass is 10.1. The van der Waals surface area contributed by atoms with E-state index in [1.807, 2.05) is 0 Å². The minimum Gasteiger partial charge on any atom is -0.495 e.